The van der Waals surface area contributed by atoms with Crippen LogP contribution in [0.1, 0.15) is 10.4 Å². The number of amides is 1. The van der Waals surface area contributed by atoms with Gasteiger partial charge in [-0.1, -0.05) is 58.5 Å². The lowest BCUT2D eigenvalue weighted by atomic mass is 9.81. The molecule has 0 spiro atoms. The maximum Gasteiger partial charge on any atom is 0.341 e. The average molecular weight is 622 g/mol. The van der Waals surface area contributed by atoms with Crippen LogP contribution in [0.2, 0.25) is 0 Å². The fourth-order valence-corrected chi connectivity index (χ4v) is 8.31. The average Bonchev–Trinajstić information content (AvgIpc) is 3.30. The fourth-order valence-electron chi connectivity index (χ4n) is 4.41. The number of hydrogen-bond acceptors (Lipinski definition) is 5. The number of allylic oxidation sites excluding steroid dienone is 2. The number of carboxylic acid groups (broad SMARTS) is 1. The zero-order valence-corrected chi connectivity index (χ0v) is 22.5. The summed E-state index contributed by atoms with van der Waals surface area (Å²) in [4.78, 5) is 33.9. The topological polar surface area (TPSA) is 92.7 Å². The van der Waals surface area contributed by atoms with E-state index in [0.717, 1.165) is 18.4 Å². The first-order valence-corrected chi connectivity index (χ1v) is 12.7. The molecule has 14 heteroatoms. The number of aliphatic carboxylic acids is 1. The molecule has 0 unspecified atom stereocenters. The number of methoxy groups -OCH3 is 1. The normalized spacial score (nSPS) is 28.8. The summed E-state index contributed by atoms with van der Waals surface area (Å²) in [5.41, 5.74) is 0.775. The number of carbonyl (C=O) groups excluding carboxylic acids is 2. The molecule has 0 radical (unpaired) electrons. The van der Waals surface area contributed by atoms with E-state index in [4.69, 9.17) is 74.3 Å². The minimum atomic E-state index is -2.28. The molecule has 6 nitrogen and oxygen atoms in total. The van der Waals surface area contributed by atoms with Crippen molar-refractivity contribution >= 4 is 104 Å². The minimum Gasteiger partial charge on any atom is -0.481 e. The van der Waals surface area contributed by atoms with E-state index >= 15 is 0 Å². The Labute approximate surface area is 231 Å². The molecular weight excluding hydrogens is 610 g/mol. The van der Waals surface area contributed by atoms with Crippen LogP contribution < -0.4 is 5.32 Å². The van der Waals surface area contributed by atoms with Crippen LogP contribution in [0, 0.1) is 17.7 Å². The van der Waals surface area contributed by atoms with Crippen LogP contribution in [-0.2, 0) is 14.3 Å². The van der Waals surface area contributed by atoms with Crippen molar-refractivity contribution in [2.24, 2.45) is 11.8 Å². The first-order chi connectivity index (χ1) is 16.2. The molecule has 2 aliphatic carbocycles. The van der Waals surface area contributed by atoms with Gasteiger partial charge in [-0.3, -0.25) is 9.59 Å². The smallest absolute Gasteiger partial charge is 0.341 e. The van der Waals surface area contributed by atoms with Crippen molar-refractivity contribution in [1.82, 2.24) is 0 Å². The predicted molar refractivity (Wildman–Crippen MR) is 135 cm³/mol. The van der Waals surface area contributed by atoms with Gasteiger partial charge in [0.05, 0.1) is 29.0 Å². The highest BCUT2D eigenvalue weighted by Crippen LogP contribution is 2.76. The van der Waals surface area contributed by atoms with E-state index < -0.39 is 49.6 Å². The molecule has 2 aliphatic rings. The molecule has 186 valence electrons. The number of thiophene rings is 1. The highest BCUT2D eigenvalue weighted by atomic mass is 35.5. The third-order valence-electron chi connectivity index (χ3n) is 6.06. The Balaban J connectivity index is 1.80. The molecule has 1 aromatic heterocycles. The summed E-state index contributed by atoms with van der Waals surface area (Å²) >= 11 is 39.5. The van der Waals surface area contributed by atoms with Gasteiger partial charge in [0, 0.05) is 10.9 Å². The van der Waals surface area contributed by atoms with E-state index in [-0.39, 0.29) is 20.6 Å². The van der Waals surface area contributed by atoms with Crippen molar-refractivity contribution in [2.45, 2.75) is 14.1 Å². The zero-order chi connectivity index (χ0) is 26.1. The number of anilines is 1. The Morgan fingerprint density at radius 3 is 2.09 bits per heavy atom. The van der Waals surface area contributed by atoms with Crippen LogP contribution in [0.25, 0.3) is 11.1 Å². The number of esters is 1. The van der Waals surface area contributed by atoms with E-state index in [1.807, 2.05) is 0 Å². The Morgan fingerprint density at radius 1 is 1.03 bits per heavy atom. The number of hydrogen-bond donors (Lipinski definition) is 2. The second kappa shape index (κ2) is 8.94. The van der Waals surface area contributed by atoms with Crippen molar-refractivity contribution in [3.8, 4) is 11.1 Å². The summed E-state index contributed by atoms with van der Waals surface area (Å²) in [5, 5.41) is 13.3. The maximum absolute atomic E-state index is 13.5. The number of fused-ring (bicyclic) bond motifs is 2. The number of carbonyl (C=O) groups is 3. The second-order valence-electron chi connectivity index (χ2n) is 7.76. The highest BCUT2D eigenvalue weighted by molar-refractivity contribution is 7.15. The van der Waals surface area contributed by atoms with Gasteiger partial charge in [-0.2, -0.15) is 0 Å². The molecule has 4 rings (SSSR count). The monoisotopic (exact) mass is 619 g/mol. The summed E-state index contributed by atoms with van der Waals surface area (Å²) in [6.45, 7) is 0. The van der Waals surface area contributed by atoms with Gasteiger partial charge in [0.1, 0.15) is 26.1 Å². The summed E-state index contributed by atoms with van der Waals surface area (Å²) < 4.78 is 16.0. The molecule has 1 heterocycles. The summed E-state index contributed by atoms with van der Waals surface area (Å²) in [7, 11) is 1.14. The molecule has 0 aliphatic heterocycles. The molecule has 0 saturated heterocycles. The first-order valence-electron chi connectivity index (χ1n) is 9.56. The molecule has 1 fully saturated rings. The largest absolute Gasteiger partial charge is 0.481 e. The van der Waals surface area contributed by atoms with Gasteiger partial charge in [-0.25, -0.2) is 9.18 Å². The van der Waals surface area contributed by atoms with Crippen LogP contribution in [0.3, 0.4) is 0 Å². The summed E-state index contributed by atoms with van der Waals surface area (Å²) in [6.07, 6.45) is 0. The minimum absolute atomic E-state index is 0.0120. The quantitative estimate of drug-likeness (QED) is 0.296. The molecule has 2 N–H and O–H groups in total. The number of halogens is 7. The van der Waals surface area contributed by atoms with Gasteiger partial charge in [0.15, 0.2) is 4.33 Å². The van der Waals surface area contributed by atoms with Crippen molar-refractivity contribution in [2.75, 3.05) is 12.4 Å². The molecular formula is C21H12Cl6FNO5S. The van der Waals surface area contributed by atoms with E-state index in [0.29, 0.717) is 11.1 Å². The van der Waals surface area contributed by atoms with E-state index in [9.17, 15) is 23.9 Å². The zero-order valence-electron chi connectivity index (χ0n) is 17.2. The molecule has 1 aromatic carbocycles. The predicted octanol–water partition coefficient (Wildman–Crippen LogP) is 6.44. The van der Waals surface area contributed by atoms with E-state index in [1.165, 1.54) is 24.3 Å². The SMILES string of the molecule is COC(=O)c1c(-c2ccc(F)cc2)csc1NC(=O)[C@@H]1[C@H](C(=O)O)[C@]2(Cl)C(Cl)=C(Cl)[C@]1(Cl)C2(Cl)Cl. The standard InChI is InChI=1S/C21H12Cl6FNO5S/c1-34-18(33)10-9(7-2-4-8(28)5-3-7)6-35-16(10)29-15(30)11-12(17(31)32)20(25)14(23)13(22)19(11,24)21(20,26)27/h2-6,11-12H,1H3,(H,29,30)(H,31,32)/t11-,12+,19-,20-/m0/s1. The molecule has 1 amide bonds. The van der Waals surface area contributed by atoms with Crippen LogP contribution >= 0.6 is 80.9 Å². The number of nitrogens with one attached hydrogen (secondary N) is 1. The van der Waals surface area contributed by atoms with Crippen molar-refractivity contribution in [1.29, 1.82) is 0 Å². The third-order valence-corrected chi connectivity index (χ3v) is 11.2. The van der Waals surface area contributed by atoms with Gasteiger partial charge in [-0.15, -0.1) is 34.5 Å². The second-order valence-corrected chi connectivity index (χ2v) is 11.9. The van der Waals surface area contributed by atoms with Gasteiger partial charge >= 0.3 is 11.9 Å². The first kappa shape index (κ1) is 26.8. The summed E-state index contributed by atoms with van der Waals surface area (Å²) in [6, 6.07) is 5.29. The Kier molecular flexibility index (Phi) is 6.84. The van der Waals surface area contributed by atoms with Crippen LogP contribution in [0.15, 0.2) is 39.7 Å². The van der Waals surface area contributed by atoms with E-state index in [2.05, 4.69) is 5.32 Å². The van der Waals surface area contributed by atoms with Gasteiger partial charge in [0.25, 0.3) is 0 Å². The van der Waals surface area contributed by atoms with Gasteiger partial charge in [-0.05, 0) is 17.7 Å². The van der Waals surface area contributed by atoms with Gasteiger partial charge in [0.2, 0.25) is 5.91 Å². The van der Waals surface area contributed by atoms with Crippen LogP contribution in [-0.4, -0.2) is 44.1 Å². The number of rotatable bonds is 5. The number of ether oxygens (including phenoxy) is 1. The third kappa shape index (κ3) is 3.52. The molecule has 4 atom stereocenters. The number of benzene rings is 1. The Bertz CT molecular complexity index is 1300. The van der Waals surface area contributed by atoms with Gasteiger partial charge < -0.3 is 15.2 Å². The maximum atomic E-state index is 13.5. The van der Waals surface area contributed by atoms with Crippen molar-refractivity contribution in [3.63, 3.8) is 0 Å². The fraction of sp³-hybridized carbons (Fsp3) is 0.286. The number of carboxylic acids is 1. The number of alkyl halides is 4. The molecule has 35 heavy (non-hydrogen) atoms. The molecule has 1 saturated carbocycles. The molecule has 2 aromatic rings. The Hall–Kier alpha value is -1.26. The lowest BCUT2D eigenvalue weighted by molar-refractivity contribution is -0.146. The highest BCUT2D eigenvalue weighted by Gasteiger charge is 2.85. The lowest BCUT2D eigenvalue weighted by Crippen LogP contribution is -2.47. The van der Waals surface area contributed by atoms with Crippen LogP contribution in [0.5, 0.6) is 0 Å². The van der Waals surface area contributed by atoms with E-state index in [1.54, 1.807) is 5.38 Å². The molecule has 2 bridgehead atoms. The Morgan fingerprint density at radius 2 is 1.57 bits per heavy atom. The van der Waals surface area contributed by atoms with Crippen molar-refractivity contribution < 1.29 is 28.6 Å². The lowest BCUT2D eigenvalue weighted by Gasteiger charge is -2.33. The van der Waals surface area contributed by atoms with Crippen LogP contribution in [0.4, 0.5) is 9.39 Å². The summed E-state index contributed by atoms with van der Waals surface area (Å²) in [5.74, 6) is -7.26. The van der Waals surface area contributed by atoms with Crippen molar-refractivity contribution in [3.05, 3.63) is 51.1 Å².